The summed E-state index contributed by atoms with van der Waals surface area (Å²) in [6.45, 7) is 1.45. The average Bonchev–Trinajstić information content (AvgIpc) is 3.16. The molecular formula is C23H29N4O4P. The van der Waals surface area contributed by atoms with E-state index in [2.05, 4.69) is 10.3 Å². The van der Waals surface area contributed by atoms with Gasteiger partial charge in [0.25, 0.3) is 0 Å². The van der Waals surface area contributed by atoms with Gasteiger partial charge in [-0.05, 0) is 30.5 Å². The summed E-state index contributed by atoms with van der Waals surface area (Å²) in [6, 6.07) is 15.8. The Bertz CT molecular complexity index is 1130. The van der Waals surface area contributed by atoms with E-state index < -0.39 is 36.9 Å². The largest absolute Gasteiger partial charge is 0.368 e. The van der Waals surface area contributed by atoms with Crippen LogP contribution in [0.5, 0.6) is 0 Å². The van der Waals surface area contributed by atoms with E-state index in [0.29, 0.717) is 0 Å². The Morgan fingerprint density at radius 1 is 1.09 bits per heavy atom. The summed E-state index contributed by atoms with van der Waals surface area (Å²) in [5, 5.41) is 3.64. The normalized spacial score (nSPS) is 16.1. The van der Waals surface area contributed by atoms with Crippen LogP contribution in [0.2, 0.25) is 0 Å². The van der Waals surface area contributed by atoms with E-state index >= 15 is 0 Å². The molecule has 0 aliphatic heterocycles. The topological polar surface area (TPSA) is 151 Å². The number of aromatic amines is 1. The molecule has 0 fully saturated rings. The van der Waals surface area contributed by atoms with Gasteiger partial charge < -0.3 is 26.7 Å². The van der Waals surface area contributed by atoms with Crippen molar-refractivity contribution in [1.29, 1.82) is 0 Å². The van der Waals surface area contributed by atoms with Crippen LogP contribution in [0.15, 0.2) is 60.8 Å². The molecule has 1 heterocycles. The number of primary amides is 1. The molecule has 7 N–H and O–H groups in total. The number of hydrogen-bond donors (Lipinski definition) is 5. The number of para-hydroxylation sites is 1. The minimum Gasteiger partial charge on any atom is -0.368 e. The second-order valence-electron chi connectivity index (χ2n) is 8.09. The van der Waals surface area contributed by atoms with Crippen molar-refractivity contribution in [3.8, 4) is 0 Å². The van der Waals surface area contributed by atoms with Crippen LogP contribution in [0.3, 0.4) is 0 Å². The first kappa shape index (κ1) is 23.7. The number of H-pyrrole nitrogens is 1. The molecule has 0 saturated heterocycles. The number of aromatic nitrogens is 1. The van der Waals surface area contributed by atoms with Gasteiger partial charge in [-0.25, -0.2) is 0 Å². The Morgan fingerprint density at radius 2 is 1.75 bits per heavy atom. The van der Waals surface area contributed by atoms with E-state index in [4.69, 9.17) is 11.5 Å². The fourth-order valence-corrected chi connectivity index (χ4v) is 4.91. The first-order valence-corrected chi connectivity index (χ1v) is 12.3. The average molecular weight is 456 g/mol. The van der Waals surface area contributed by atoms with Crippen LogP contribution in [0, 0.1) is 5.92 Å². The first-order chi connectivity index (χ1) is 15.2. The summed E-state index contributed by atoms with van der Waals surface area (Å²) < 4.78 is 12.6. The van der Waals surface area contributed by atoms with E-state index in [1.54, 1.807) is 6.20 Å². The van der Waals surface area contributed by atoms with Gasteiger partial charge in [0, 0.05) is 29.7 Å². The summed E-state index contributed by atoms with van der Waals surface area (Å²) >= 11 is 0. The molecule has 0 saturated carbocycles. The number of fused-ring (bicyclic) bond motifs is 1. The zero-order chi connectivity index (χ0) is 23.3. The number of rotatable bonds is 10. The molecule has 0 radical (unpaired) electrons. The van der Waals surface area contributed by atoms with E-state index in [1.165, 1.54) is 6.92 Å². The van der Waals surface area contributed by atoms with E-state index in [0.717, 1.165) is 22.0 Å². The van der Waals surface area contributed by atoms with Crippen LogP contribution in [-0.2, 0) is 27.0 Å². The molecule has 0 aliphatic rings. The Balaban J connectivity index is 1.81. The number of benzene rings is 2. The van der Waals surface area contributed by atoms with Crippen molar-refractivity contribution in [2.24, 2.45) is 17.4 Å². The van der Waals surface area contributed by atoms with Gasteiger partial charge in [0.1, 0.15) is 6.04 Å². The minimum absolute atomic E-state index is 0.202. The third-order valence-electron chi connectivity index (χ3n) is 5.57. The first-order valence-electron chi connectivity index (χ1n) is 10.4. The van der Waals surface area contributed by atoms with Crippen LogP contribution >= 0.6 is 7.37 Å². The molecule has 3 rings (SSSR count). The van der Waals surface area contributed by atoms with Crippen LogP contribution in [0.1, 0.15) is 18.1 Å². The van der Waals surface area contributed by atoms with Gasteiger partial charge in [-0.1, -0.05) is 48.5 Å². The molecule has 32 heavy (non-hydrogen) atoms. The highest BCUT2D eigenvalue weighted by molar-refractivity contribution is 7.58. The highest BCUT2D eigenvalue weighted by Gasteiger charge is 2.33. The van der Waals surface area contributed by atoms with Crippen LogP contribution in [0.25, 0.3) is 10.9 Å². The number of nitrogens with one attached hydrogen (secondary N) is 2. The molecule has 1 aromatic heterocycles. The van der Waals surface area contributed by atoms with Crippen LogP contribution in [-0.4, -0.2) is 39.7 Å². The summed E-state index contributed by atoms with van der Waals surface area (Å²) in [5.41, 5.74) is 13.9. The maximum absolute atomic E-state index is 13.2. The quantitative estimate of drug-likeness (QED) is 0.296. The molecule has 2 amide bonds. The third-order valence-corrected chi connectivity index (χ3v) is 7.81. The van der Waals surface area contributed by atoms with Gasteiger partial charge in [-0.15, -0.1) is 0 Å². The predicted molar refractivity (Wildman–Crippen MR) is 125 cm³/mol. The maximum Gasteiger partial charge on any atom is 0.240 e. The highest BCUT2D eigenvalue weighted by atomic mass is 31.2. The van der Waals surface area contributed by atoms with E-state index in [1.807, 2.05) is 54.6 Å². The predicted octanol–water partition coefficient (Wildman–Crippen LogP) is 2.11. The highest BCUT2D eigenvalue weighted by Crippen LogP contribution is 2.45. The molecule has 8 nitrogen and oxygen atoms in total. The Kier molecular flexibility index (Phi) is 7.51. The Labute approximate surface area is 186 Å². The van der Waals surface area contributed by atoms with Crippen molar-refractivity contribution in [3.05, 3.63) is 71.9 Å². The van der Waals surface area contributed by atoms with Crippen molar-refractivity contribution in [3.63, 3.8) is 0 Å². The van der Waals surface area contributed by atoms with Crippen molar-refractivity contribution < 1.29 is 19.0 Å². The molecular weight excluding hydrogens is 427 g/mol. The smallest absolute Gasteiger partial charge is 0.240 e. The lowest BCUT2D eigenvalue weighted by molar-refractivity contribution is -0.129. The third kappa shape index (κ3) is 5.85. The zero-order valence-corrected chi connectivity index (χ0v) is 18.8. The molecule has 2 aromatic carbocycles. The lowest BCUT2D eigenvalue weighted by Gasteiger charge is -2.24. The minimum atomic E-state index is -3.77. The summed E-state index contributed by atoms with van der Waals surface area (Å²) in [6.07, 6.45) is 1.94. The number of carbonyl (C=O) groups excluding carboxylic acids is 2. The number of nitrogens with two attached hydrogens (primary N) is 2. The molecule has 4 atom stereocenters. The fraction of sp³-hybridized carbons (Fsp3) is 0.304. The summed E-state index contributed by atoms with van der Waals surface area (Å²) in [5.74, 6) is -3.00. The lowest BCUT2D eigenvalue weighted by Crippen LogP contribution is -2.48. The summed E-state index contributed by atoms with van der Waals surface area (Å²) in [7, 11) is -3.77. The van der Waals surface area contributed by atoms with Gasteiger partial charge in [-0.3, -0.25) is 14.2 Å². The molecule has 3 aromatic rings. The van der Waals surface area contributed by atoms with Crippen LogP contribution < -0.4 is 16.8 Å². The lowest BCUT2D eigenvalue weighted by atomic mass is 9.98. The van der Waals surface area contributed by atoms with Crippen LogP contribution in [0.4, 0.5) is 0 Å². The van der Waals surface area contributed by atoms with E-state index in [-0.39, 0.29) is 19.0 Å². The molecule has 0 aliphatic carbocycles. The Morgan fingerprint density at radius 3 is 2.41 bits per heavy atom. The van der Waals surface area contributed by atoms with Gasteiger partial charge >= 0.3 is 0 Å². The van der Waals surface area contributed by atoms with Gasteiger partial charge in [0.2, 0.25) is 19.2 Å². The number of carbonyl (C=O) groups is 2. The summed E-state index contributed by atoms with van der Waals surface area (Å²) in [4.78, 5) is 38.7. The molecule has 0 spiro atoms. The van der Waals surface area contributed by atoms with Crippen molar-refractivity contribution in [1.82, 2.24) is 10.3 Å². The monoisotopic (exact) mass is 456 g/mol. The standard InChI is InChI=1S/C23H29N4O4P/c1-15(24)32(30,31)14-18(11-16-7-3-2-4-8-16)23(29)27-21(22(25)28)12-17-13-26-20-10-6-5-9-19(17)20/h2-10,13,15,18,21,26H,11-12,14,24H2,1H3,(H2,25,28)(H,27,29)(H,30,31). The molecule has 0 bridgehead atoms. The van der Waals surface area contributed by atoms with Crippen molar-refractivity contribution in [2.75, 3.05) is 6.16 Å². The number of amides is 2. The molecule has 170 valence electrons. The molecule has 4 unspecified atom stereocenters. The Hall–Kier alpha value is -2.93. The van der Waals surface area contributed by atoms with Gasteiger partial charge in [0.05, 0.1) is 11.7 Å². The van der Waals surface area contributed by atoms with E-state index in [9.17, 15) is 19.0 Å². The van der Waals surface area contributed by atoms with Crippen molar-refractivity contribution in [2.45, 2.75) is 31.6 Å². The second-order valence-corrected chi connectivity index (χ2v) is 10.8. The van der Waals surface area contributed by atoms with Gasteiger partial charge in [-0.2, -0.15) is 0 Å². The zero-order valence-electron chi connectivity index (χ0n) is 17.9. The molecule has 9 heteroatoms. The maximum atomic E-state index is 13.2. The SMILES string of the molecule is CC(N)P(=O)(O)CC(Cc1ccccc1)C(=O)NC(Cc1c[nH]c2ccccc12)C(N)=O. The number of hydrogen-bond acceptors (Lipinski definition) is 4. The fourth-order valence-electron chi connectivity index (χ4n) is 3.65. The van der Waals surface area contributed by atoms with Gasteiger partial charge in [0.15, 0.2) is 0 Å². The second kappa shape index (κ2) is 10.1. The van der Waals surface area contributed by atoms with Crippen molar-refractivity contribution >= 4 is 30.1 Å².